The molecule has 0 radical (unpaired) electrons. The van der Waals surface area contributed by atoms with Crippen molar-refractivity contribution < 1.29 is 9.47 Å². The lowest BCUT2D eigenvalue weighted by molar-refractivity contribution is 0.408. The summed E-state index contributed by atoms with van der Waals surface area (Å²) in [5, 5.41) is 0. The number of anilines is 2. The molecule has 4 N–H and O–H groups in total. The fourth-order valence-electron chi connectivity index (χ4n) is 1.69. The third kappa shape index (κ3) is 2.67. The standard InChI is InChI=1S/C13H16N4O2/c1-7-5-10(8(2)4-9(7)18-3)19-11-6-16-13(15)17-12(11)14/h4-6H,1-3H3,(H4,14,15,16,17). The van der Waals surface area contributed by atoms with Gasteiger partial charge < -0.3 is 20.9 Å². The Morgan fingerprint density at radius 3 is 2.26 bits per heavy atom. The highest BCUT2D eigenvalue weighted by Crippen LogP contribution is 2.32. The topological polar surface area (TPSA) is 96.3 Å². The van der Waals surface area contributed by atoms with E-state index in [1.807, 2.05) is 26.0 Å². The van der Waals surface area contributed by atoms with Crippen LogP contribution in [-0.2, 0) is 0 Å². The minimum Gasteiger partial charge on any atom is -0.496 e. The molecule has 1 heterocycles. The zero-order valence-corrected chi connectivity index (χ0v) is 11.1. The van der Waals surface area contributed by atoms with E-state index in [4.69, 9.17) is 20.9 Å². The SMILES string of the molecule is COc1cc(C)c(Oc2cnc(N)nc2N)cc1C. The fourth-order valence-corrected chi connectivity index (χ4v) is 1.69. The Morgan fingerprint density at radius 1 is 1.00 bits per heavy atom. The van der Waals surface area contributed by atoms with E-state index in [1.165, 1.54) is 6.20 Å². The van der Waals surface area contributed by atoms with Crippen molar-refractivity contribution in [3.05, 3.63) is 29.5 Å². The highest BCUT2D eigenvalue weighted by Gasteiger charge is 2.10. The Labute approximate surface area is 111 Å². The Kier molecular flexibility index (Phi) is 3.41. The third-order valence-electron chi connectivity index (χ3n) is 2.71. The van der Waals surface area contributed by atoms with Crippen LogP contribution in [-0.4, -0.2) is 17.1 Å². The van der Waals surface area contributed by atoms with E-state index < -0.39 is 0 Å². The number of hydrogen-bond acceptors (Lipinski definition) is 6. The highest BCUT2D eigenvalue weighted by molar-refractivity contribution is 5.52. The number of aromatic nitrogens is 2. The number of nitrogen functional groups attached to an aromatic ring is 2. The number of ether oxygens (including phenoxy) is 2. The molecule has 0 bridgehead atoms. The van der Waals surface area contributed by atoms with Gasteiger partial charge in [-0.05, 0) is 37.1 Å². The van der Waals surface area contributed by atoms with E-state index in [-0.39, 0.29) is 11.8 Å². The molecule has 6 nitrogen and oxygen atoms in total. The van der Waals surface area contributed by atoms with Crippen molar-refractivity contribution in [1.29, 1.82) is 0 Å². The van der Waals surface area contributed by atoms with E-state index in [1.54, 1.807) is 7.11 Å². The first kappa shape index (κ1) is 12.9. The second-order valence-corrected chi connectivity index (χ2v) is 4.17. The van der Waals surface area contributed by atoms with Crippen molar-refractivity contribution in [2.45, 2.75) is 13.8 Å². The van der Waals surface area contributed by atoms with Crippen LogP contribution in [0.4, 0.5) is 11.8 Å². The molecule has 0 atom stereocenters. The van der Waals surface area contributed by atoms with Gasteiger partial charge in [-0.25, -0.2) is 4.98 Å². The van der Waals surface area contributed by atoms with Crippen molar-refractivity contribution in [1.82, 2.24) is 9.97 Å². The van der Waals surface area contributed by atoms with Gasteiger partial charge in [-0.15, -0.1) is 0 Å². The van der Waals surface area contributed by atoms with Gasteiger partial charge in [0.05, 0.1) is 13.3 Å². The summed E-state index contributed by atoms with van der Waals surface area (Å²) in [5.74, 6) is 2.19. The quantitative estimate of drug-likeness (QED) is 0.876. The number of benzene rings is 1. The van der Waals surface area contributed by atoms with Crippen molar-refractivity contribution in [3.8, 4) is 17.2 Å². The lowest BCUT2D eigenvalue weighted by atomic mass is 10.1. The first-order chi connectivity index (χ1) is 9.01. The molecule has 0 spiro atoms. The maximum Gasteiger partial charge on any atom is 0.222 e. The number of aryl methyl sites for hydroxylation is 2. The summed E-state index contributed by atoms with van der Waals surface area (Å²) in [7, 11) is 1.63. The zero-order valence-electron chi connectivity index (χ0n) is 11.1. The van der Waals surface area contributed by atoms with Crippen molar-refractivity contribution in [3.63, 3.8) is 0 Å². The van der Waals surface area contributed by atoms with Crippen molar-refractivity contribution in [2.24, 2.45) is 0 Å². The van der Waals surface area contributed by atoms with E-state index in [2.05, 4.69) is 9.97 Å². The molecule has 1 aromatic carbocycles. The Hall–Kier alpha value is -2.50. The summed E-state index contributed by atoms with van der Waals surface area (Å²) in [5.41, 5.74) is 13.1. The number of nitrogens with two attached hydrogens (primary N) is 2. The molecule has 1 aromatic heterocycles. The third-order valence-corrected chi connectivity index (χ3v) is 2.71. The van der Waals surface area contributed by atoms with Gasteiger partial charge in [0.1, 0.15) is 11.5 Å². The van der Waals surface area contributed by atoms with Crippen LogP contribution in [0.5, 0.6) is 17.2 Å². The van der Waals surface area contributed by atoms with Gasteiger partial charge in [0.15, 0.2) is 11.6 Å². The largest absolute Gasteiger partial charge is 0.496 e. The summed E-state index contributed by atoms with van der Waals surface area (Å²) < 4.78 is 11.0. The molecule has 0 unspecified atom stereocenters. The number of hydrogen-bond donors (Lipinski definition) is 2. The monoisotopic (exact) mass is 260 g/mol. The molecule has 0 aliphatic rings. The van der Waals surface area contributed by atoms with Gasteiger partial charge in [-0.3, -0.25) is 0 Å². The molecule has 0 saturated heterocycles. The molecule has 0 amide bonds. The molecular weight excluding hydrogens is 244 g/mol. The minimum atomic E-state index is 0.118. The normalized spacial score (nSPS) is 10.3. The second kappa shape index (κ2) is 5.01. The van der Waals surface area contributed by atoms with Gasteiger partial charge in [-0.2, -0.15) is 4.98 Å². The molecule has 0 aliphatic heterocycles. The van der Waals surface area contributed by atoms with Crippen LogP contribution in [0.1, 0.15) is 11.1 Å². The van der Waals surface area contributed by atoms with E-state index >= 15 is 0 Å². The smallest absolute Gasteiger partial charge is 0.222 e. The fraction of sp³-hybridized carbons (Fsp3) is 0.231. The van der Waals surface area contributed by atoms with Gasteiger partial charge in [0.2, 0.25) is 5.95 Å². The summed E-state index contributed by atoms with van der Waals surface area (Å²) in [6, 6.07) is 3.78. The van der Waals surface area contributed by atoms with Gasteiger partial charge in [-0.1, -0.05) is 0 Å². The number of rotatable bonds is 3. The highest BCUT2D eigenvalue weighted by atomic mass is 16.5. The second-order valence-electron chi connectivity index (χ2n) is 4.17. The first-order valence-electron chi connectivity index (χ1n) is 5.72. The molecule has 0 saturated carbocycles. The van der Waals surface area contributed by atoms with Crippen LogP contribution in [0.3, 0.4) is 0 Å². The molecule has 0 fully saturated rings. The molecular formula is C13H16N4O2. The minimum absolute atomic E-state index is 0.118. The maximum atomic E-state index is 5.73. The van der Waals surface area contributed by atoms with Gasteiger partial charge in [0, 0.05) is 0 Å². The number of nitrogens with zero attached hydrogens (tertiary/aromatic N) is 2. The molecule has 19 heavy (non-hydrogen) atoms. The Bertz CT molecular complexity index is 614. The summed E-state index contributed by atoms with van der Waals surface area (Å²) in [6.45, 7) is 3.86. The summed E-state index contributed by atoms with van der Waals surface area (Å²) >= 11 is 0. The zero-order chi connectivity index (χ0) is 14.0. The lowest BCUT2D eigenvalue weighted by Gasteiger charge is -2.13. The van der Waals surface area contributed by atoms with Gasteiger partial charge >= 0.3 is 0 Å². The Morgan fingerprint density at radius 2 is 1.63 bits per heavy atom. The van der Waals surface area contributed by atoms with Crippen LogP contribution in [0.2, 0.25) is 0 Å². The molecule has 6 heteroatoms. The van der Waals surface area contributed by atoms with Crippen LogP contribution >= 0.6 is 0 Å². The average molecular weight is 260 g/mol. The number of methoxy groups -OCH3 is 1. The molecule has 0 aliphatic carbocycles. The molecule has 2 rings (SSSR count). The molecule has 2 aromatic rings. The summed E-state index contributed by atoms with van der Waals surface area (Å²) in [4.78, 5) is 7.71. The average Bonchev–Trinajstić information content (AvgIpc) is 2.36. The Balaban J connectivity index is 2.35. The lowest BCUT2D eigenvalue weighted by Crippen LogP contribution is -2.02. The maximum absolute atomic E-state index is 5.73. The van der Waals surface area contributed by atoms with E-state index in [9.17, 15) is 0 Å². The predicted octanol–water partition coefficient (Wildman–Crippen LogP) is 2.06. The first-order valence-corrected chi connectivity index (χ1v) is 5.72. The van der Waals surface area contributed by atoms with Crippen LogP contribution < -0.4 is 20.9 Å². The molecule has 100 valence electrons. The van der Waals surface area contributed by atoms with Crippen LogP contribution in [0.25, 0.3) is 0 Å². The van der Waals surface area contributed by atoms with Crippen LogP contribution in [0.15, 0.2) is 18.3 Å². The summed E-state index contributed by atoms with van der Waals surface area (Å²) in [6.07, 6.45) is 1.46. The van der Waals surface area contributed by atoms with E-state index in [0.29, 0.717) is 11.5 Å². The van der Waals surface area contributed by atoms with Crippen molar-refractivity contribution in [2.75, 3.05) is 18.6 Å². The van der Waals surface area contributed by atoms with E-state index in [0.717, 1.165) is 16.9 Å². The predicted molar refractivity (Wildman–Crippen MR) is 73.4 cm³/mol. The van der Waals surface area contributed by atoms with Gasteiger partial charge in [0.25, 0.3) is 0 Å². The van der Waals surface area contributed by atoms with Crippen LogP contribution in [0, 0.1) is 13.8 Å². The van der Waals surface area contributed by atoms with Crippen molar-refractivity contribution >= 4 is 11.8 Å².